The molecular formula is C15H14ClNOS. The van der Waals surface area contributed by atoms with E-state index in [1.807, 2.05) is 32.0 Å². The summed E-state index contributed by atoms with van der Waals surface area (Å²) in [6.45, 7) is 5.54. The smallest absolute Gasteiger partial charge is 0.159 e. The van der Waals surface area contributed by atoms with E-state index < -0.39 is 0 Å². The van der Waals surface area contributed by atoms with Crippen LogP contribution in [0.15, 0.2) is 40.3 Å². The van der Waals surface area contributed by atoms with Gasteiger partial charge >= 0.3 is 0 Å². The topological polar surface area (TPSA) is 30.0 Å². The monoisotopic (exact) mass is 291 g/mol. The van der Waals surface area contributed by atoms with Gasteiger partial charge in [0.2, 0.25) is 0 Å². The quantitative estimate of drug-likeness (QED) is 0.767. The fourth-order valence-electron chi connectivity index (χ4n) is 1.77. The van der Waals surface area contributed by atoms with Crippen LogP contribution < -0.4 is 0 Å². The molecule has 0 aliphatic carbocycles. The first-order valence-electron chi connectivity index (χ1n) is 5.89. The fraction of sp³-hybridized carbons (Fsp3) is 0.200. The van der Waals surface area contributed by atoms with E-state index in [9.17, 15) is 4.79 Å². The first kappa shape index (κ1) is 14.1. The Hall–Kier alpha value is -1.32. The summed E-state index contributed by atoms with van der Waals surface area (Å²) in [6, 6.07) is 9.41. The summed E-state index contributed by atoms with van der Waals surface area (Å²) in [7, 11) is 0. The Morgan fingerprint density at radius 1 is 1.21 bits per heavy atom. The van der Waals surface area contributed by atoms with E-state index in [4.69, 9.17) is 11.6 Å². The van der Waals surface area contributed by atoms with Crippen molar-refractivity contribution in [1.29, 1.82) is 0 Å². The van der Waals surface area contributed by atoms with Crippen LogP contribution in [0.5, 0.6) is 0 Å². The average molecular weight is 292 g/mol. The number of aryl methyl sites for hydroxylation is 2. The van der Waals surface area contributed by atoms with E-state index in [2.05, 4.69) is 4.98 Å². The maximum Gasteiger partial charge on any atom is 0.159 e. The van der Waals surface area contributed by atoms with Crippen LogP contribution in [0.2, 0.25) is 5.02 Å². The summed E-state index contributed by atoms with van der Waals surface area (Å²) in [5.41, 5.74) is 2.79. The highest BCUT2D eigenvalue weighted by Crippen LogP contribution is 2.33. The Labute approximate surface area is 122 Å². The number of Topliss-reactive ketones (excluding diaryl/α,β-unsaturated/α-hetero) is 1. The minimum Gasteiger partial charge on any atom is -0.295 e. The third kappa shape index (κ3) is 3.58. The Morgan fingerprint density at radius 2 is 1.95 bits per heavy atom. The highest BCUT2D eigenvalue weighted by Gasteiger charge is 2.08. The highest BCUT2D eigenvalue weighted by molar-refractivity contribution is 7.99. The number of carbonyl (C=O) groups excluding carboxylic acids is 1. The lowest BCUT2D eigenvalue weighted by Crippen LogP contribution is -1.92. The zero-order valence-corrected chi connectivity index (χ0v) is 12.6. The molecule has 2 rings (SSSR count). The van der Waals surface area contributed by atoms with E-state index in [1.165, 1.54) is 24.2 Å². The van der Waals surface area contributed by atoms with Crippen molar-refractivity contribution in [2.75, 3.05) is 0 Å². The van der Waals surface area contributed by atoms with Crippen molar-refractivity contribution in [2.45, 2.75) is 30.7 Å². The summed E-state index contributed by atoms with van der Waals surface area (Å²) >= 11 is 7.71. The van der Waals surface area contributed by atoms with Gasteiger partial charge in [-0.1, -0.05) is 29.4 Å². The van der Waals surface area contributed by atoms with Crippen LogP contribution in [0.3, 0.4) is 0 Å². The van der Waals surface area contributed by atoms with Crippen LogP contribution in [0.4, 0.5) is 0 Å². The molecule has 1 heterocycles. The molecule has 0 bridgehead atoms. The van der Waals surface area contributed by atoms with E-state index in [1.54, 1.807) is 12.1 Å². The molecule has 0 aliphatic heterocycles. The number of rotatable bonds is 3. The first-order chi connectivity index (χ1) is 8.95. The molecule has 0 amide bonds. The molecule has 0 N–H and O–H groups in total. The van der Waals surface area contributed by atoms with Gasteiger partial charge in [-0.15, -0.1) is 0 Å². The SMILES string of the molecule is CC(=O)c1ccc(Sc2cc(C)cc(C)n2)c(Cl)c1. The van der Waals surface area contributed by atoms with Gasteiger partial charge in [-0.3, -0.25) is 4.79 Å². The maximum absolute atomic E-state index is 11.3. The van der Waals surface area contributed by atoms with E-state index >= 15 is 0 Å². The largest absolute Gasteiger partial charge is 0.295 e. The number of halogens is 1. The summed E-state index contributed by atoms with van der Waals surface area (Å²) in [6.07, 6.45) is 0. The molecule has 0 unspecified atom stereocenters. The average Bonchev–Trinajstić information content (AvgIpc) is 2.30. The van der Waals surface area contributed by atoms with Gasteiger partial charge in [0.25, 0.3) is 0 Å². The summed E-state index contributed by atoms with van der Waals surface area (Å²) in [5, 5.41) is 1.49. The van der Waals surface area contributed by atoms with Crippen molar-refractivity contribution in [3.63, 3.8) is 0 Å². The molecule has 0 saturated heterocycles. The second-order valence-electron chi connectivity index (χ2n) is 4.43. The van der Waals surface area contributed by atoms with Gasteiger partial charge in [0.1, 0.15) is 5.03 Å². The standard InChI is InChI=1S/C15H14ClNOS/c1-9-6-10(2)17-15(7-9)19-14-5-4-12(11(3)18)8-13(14)16/h4-8H,1-3H3. The van der Waals surface area contributed by atoms with Gasteiger partial charge in [-0.25, -0.2) is 4.98 Å². The maximum atomic E-state index is 11.3. The Morgan fingerprint density at radius 3 is 2.53 bits per heavy atom. The van der Waals surface area contributed by atoms with Crippen LogP contribution in [-0.4, -0.2) is 10.8 Å². The van der Waals surface area contributed by atoms with Crippen LogP contribution >= 0.6 is 23.4 Å². The number of benzene rings is 1. The summed E-state index contributed by atoms with van der Waals surface area (Å²) in [5.74, 6) is 0.0166. The zero-order chi connectivity index (χ0) is 14.0. The number of hydrogen-bond donors (Lipinski definition) is 0. The van der Waals surface area contributed by atoms with Crippen LogP contribution in [0, 0.1) is 13.8 Å². The lowest BCUT2D eigenvalue weighted by Gasteiger charge is -2.06. The van der Waals surface area contributed by atoms with E-state index in [0.29, 0.717) is 10.6 Å². The summed E-state index contributed by atoms with van der Waals surface area (Å²) < 4.78 is 0. The molecule has 0 aliphatic rings. The van der Waals surface area contributed by atoms with Gasteiger partial charge in [0, 0.05) is 16.2 Å². The molecule has 19 heavy (non-hydrogen) atoms. The predicted octanol–water partition coefficient (Wildman–Crippen LogP) is 4.71. The normalized spacial score (nSPS) is 10.5. The predicted molar refractivity (Wildman–Crippen MR) is 79.3 cm³/mol. The Balaban J connectivity index is 2.30. The molecule has 2 nitrogen and oxygen atoms in total. The number of aromatic nitrogens is 1. The number of pyridine rings is 1. The lowest BCUT2D eigenvalue weighted by molar-refractivity contribution is 0.101. The minimum atomic E-state index is 0.0166. The number of ketones is 1. The van der Waals surface area contributed by atoms with Crippen LogP contribution in [-0.2, 0) is 0 Å². The molecule has 1 aromatic heterocycles. The molecule has 0 fully saturated rings. The fourth-order valence-corrected chi connectivity index (χ4v) is 3.02. The third-order valence-electron chi connectivity index (χ3n) is 2.63. The van der Waals surface area contributed by atoms with Crippen molar-refractivity contribution in [3.05, 3.63) is 52.2 Å². The number of nitrogens with zero attached hydrogens (tertiary/aromatic N) is 1. The van der Waals surface area contributed by atoms with Crippen LogP contribution in [0.25, 0.3) is 0 Å². The van der Waals surface area contributed by atoms with E-state index in [-0.39, 0.29) is 5.78 Å². The second-order valence-corrected chi connectivity index (χ2v) is 5.90. The molecule has 0 radical (unpaired) electrons. The van der Waals surface area contributed by atoms with Gasteiger partial charge < -0.3 is 0 Å². The Bertz CT molecular complexity index is 620. The number of hydrogen-bond acceptors (Lipinski definition) is 3. The Kier molecular flexibility index (Phi) is 4.27. The number of carbonyl (C=O) groups is 1. The molecule has 0 saturated carbocycles. The molecule has 1 aromatic carbocycles. The lowest BCUT2D eigenvalue weighted by atomic mass is 10.1. The molecule has 0 atom stereocenters. The highest BCUT2D eigenvalue weighted by atomic mass is 35.5. The van der Waals surface area contributed by atoms with Crippen molar-refractivity contribution in [1.82, 2.24) is 4.98 Å². The van der Waals surface area contributed by atoms with Gasteiger partial charge in [-0.05, 0) is 50.6 Å². The van der Waals surface area contributed by atoms with E-state index in [0.717, 1.165) is 15.6 Å². The third-order valence-corrected chi connectivity index (χ3v) is 4.05. The van der Waals surface area contributed by atoms with Gasteiger partial charge in [-0.2, -0.15) is 0 Å². The molecule has 0 spiro atoms. The van der Waals surface area contributed by atoms with Gasteiger partial charge in [0.05, 0.1) is 5.02 Å². The van der Waals surface area contributed by atoms with Gasteiger partial charge in [0.15, 0.2) is 5.78 Å². The second kappa shape index (κ2) is 5.76. The molecule has 98 valence electrons. The first-order valence-corrected chi connectivity index (χ1v) is 7.09. The van der Waals surface area contributed by atoms with Crippen LogP contribution in [0.1, 0.15) is 28.5 Å². The molecular weight excluding hydrogens is 278 g/mol. The summed E-state index contributed by atoms with van der Waals surface area (Å²) in [4.78, 5) is 16.7. The zero-order valence-electron chi connectivity index (χ0n) is 11.0. The van der Waals surface area contributed by atoms with Crippen molar-refractivity contribution in [3.8, 4) is 0 Å². The molecule has 2 aromatic rings. The van der Waals surface area contributed by atoms with Crippen molar-refractivity contribution >= 4 is 29.1 Å². The minimum absolute atomic E-state index is 0.0166. The van der Waals surface area contributed by atoms with Crippen molar-refractivity contribution < 1.29 is 4.79 Å². The molecule has 4 heteroatoms. The van der Waals surface area contributed by atoms with Crippen molar-refractivity contribution in [2.24, 2.45) is 0 Å².